The molecule has 0 spiro atoms. The molecule has 1 rings (SSSR count). The smallest absolute Gasteiger partial charge is 0.133 e. The van der Waals surface area contributed by atoms with Crippen LogP contribution in [0.4, 0.5) is 4.39 Å². The third-order valence-electron chi connectivity index (χ3n) is 3.47. The Morgan fingerprint density at radius 3 is 2.29 bits per heavy atom. The number of aryl methyl sites for hydroxylation is 1. The van der Waals surface area contributed by atoms with Gasteiger partial charge in [-0.15, -0.1) is 0 Å². The number of hydrogen-bond donors (Lipinski definition) is 0. The second kappa shape index (κ2) is 7.67. The Hall–Kier alpha value is -2.03. The maximum atomic E-state index is 14.2. The summed E-state index contributed by atoms with van der Waals surface area (Å²) in [5, 5.41) is 0. The van der Waals surface area contributed by atoms with Crippen LogP contribution in [0.5, 0.6) is 0 Å². The summed E-state index contributed by atoms with van der Waals surface area (Å²) in [5.41, 5.74) is 4.70. The fraction of sp³-hybridized carbons (Fsp3) is 0.333. The van der Waals surface area contributed by atoms with Gasteiger partial charge in [0.15, 0.2) is 0 Å². The van der Waals surface area contributed by atoms with E-state index in [-0.39, 0.29) is 5.82 Å². The van der Waals surface area contributed by atoms with Crippen molar-refractivity contribution >= 4 is 17.0 Å². The van der Waals surface area contributed by atoms with Gasteiger partial charge in [-0.3, -0.25) is 9.98 Å². The van der Waals surface area contributed by atoms with Crippen molar-refractivity contribution in [1.82, 2.24) is 0 Å². The molecule has 0 aliphatic rings. The molecular weight excluding hydrogens is 263 g/mol. The van der Waals surface area contributed by atoms with E-state index in [4.69, 9.17) is 0 Å². The lowest BCUT2D eigenvalue weighted by molar-refractivity contribution is 0.613. The number of rotatable bonds is 4. The molecule has 0 N–H and O–H groups in total. The molecule has 0 unspecified atom stereocenters. The van der Waals surface area contributed by atoms with Crippen LogP contribution >= 0.6 is 0 Å². The Morgan fingerprint density at radius 1 is 1.05 bits per heavy atom. The van der Waals surface area contributed by atoms with E-state index < -0.39 is 0 Å². The molecule has 1 aromatic rings. The van der Waals surface area contributed by atoms with Crippen LogP contribution in [0.2, 0.25) is 0 Å². The van der Waals surface area contributed by atoms with Crippen molar-refractivity contribution in [3.63, 3.8) is 0 Å². The SMILES string of the molecule is C/C=C\N=C(C)C(C)=N/C=C(\C)c1ccc(C)c(C)c1F. The summed E-state index contributed by atoms with van der Waals surface area (Å²) in [5.74, 6) is -0.170. The monoisotopic (exact) mass is 286 g/mol. The number of benzene rings is 1. The first-order valence-electron chi connectivity index (χ1n) is 7.01. The van der Waals surface area contributed by atoms with Crippen LogP contribution in [0, 0.1) is 19.7 Å². The van der Waals surface area contributed by atoms with Crippen molar-refractivity contribution < 1.29 is 4.39 Å². The van der Waals surface area contributed by atoms with Crippen molar-refractivity contribution in [2.45, 2.75) is 41.5 Å². The third-order valence-corrected chi connectivity index (χ3v) is 3.47. The number of allylic oxidation sites excluding steroid dienone is 2. The predicted octanol–water partition coefficient (Wildman–Crippen LogP) is 5.26. The van der Waals surface area contributed by atoms with Crippen molar-refractivity contribution in [3.05, 3.63) is 53.1 Å². The van der Waals surface area contributed by atoms with E-state index >= 15 is 0 Å². The number of nitrogens with zero attached hydrogens (tertiary/aromatic N) is 2. The van der Waals surface area contributed by atoms with E-state index in [0.29, 0.717) is 11.1 Å². The second-order valence-corrected chi connectivity index (χ2v) is 5.09. The minimum Gasteiger partial charge on any atom is -0.260 e. The Labute approximate surface area is 126 Å². The lowest BCUT2D eigenvalue weighted by Crippen LogP contribution is -2.04. The fourth-order valence-corrected chi connectivity index (χ4v) is 1.72. The fourth-order valence-electron chi connectivity index (χ4n) is 1.72. The van der Waals surface area contributed by atoms with Crippen molar-refractivity contribution in [3.8, 4) is 0 Å². The average Bonchev–Trinajstić information content (AvgIpc) is 2.47. The summed E-state index contributed by atoms with van der Waals surface area (Å²) in [6.07, 6.45) is 5.29. The first kappa shape index (κ1) is 17.0. The highest BCUT2D eigenvalue weighted by Crippen LogP contribution is 2.22. The molecule has 0 atom stereocenters. The Kier molecular flexibility index (Phi) is 6.22. The van der Waals surface area contributed by atoms with Gasteiger partial charge in [-0.2, -0.15) is 0 Å². The van der Waals surface area contributed by atoms with Crippen molar-refractivity contribution in [2.24, 2.45) is 9.98 Å². The molecule has 0 bridgehead atoms. The summed E-state index contributed by atoms with van der Waals surface area (Å²) < 4.78 is 14.2. The largest absolute Gasteiger partial charge is 0.260 e. The van der Waals surface area contributed by atoms with Crippen LogP contribution in [0.15, 0.2) is 40.6 Å². The summed E-state index contributed by atoms with van der Waals surface area (Å²) in [6, 6.07) is 3.73. The van der Waals surface area contributed by atoms with Crippen molar-refractivity contribution in [2.75, 3.05) is 0 Å². The quantitative estimate of drug-likeness (QED) is 0.675. The lowest BCUT2D eigenvalue weighted by Gasteiger charge is -2.08. The average molecular weight is 286 g/mol. The minimum atomic E-state index is -0.170. The van der Waals surface area contributed by atoms with Crippen LogP contribution in [-0.4, -0.2) is 11.4 Å². The molecule has 112 valence electrons. The summed E-state index contributed by atoms with van der Waals surface area (Å²) in [7, 11) is 0. The van der Waals surface area contributed by atoms with Gasteiger partial charge >= 0.3 is 0 Å². The lowest BCUT2D eigenvalue weighted by atomic mass is 10.0. The van der Waals surface area contributed by atoms with Gasteiger partial charge in [-0.05, 0) is 58.2 Å². The highest BCUT2D eigenvalue weighted by molar-refractivity contribution is 6.40. The number of hydrogen-bond acceptors (Lipinski definition) is 2. The highest BCUT2D eigenvalue weighted by Gasteiger charge is 2.08. The Bertz CT molecular complexity index is 635. The van der Waals surface area contributed by atoms with Gasteiger partial charge in [0.05, 0.1) is 11.4 Å². The van der Waals surface area contributed by atoms with E-state index in [9.17, 15) is 4.39 Å². The molecular formula is C18H23FN2. The van der Waals surface area contributed by atoms with Gasteiger partial charge in [0, 0.05) is 18.0 Å². The predicted molar refractivity (Wildman–Crippen MR) is 90.6 cm³/mol. The number of halogens is 1. The third kappa shape index (κ3) is 4.48. The summed E-state index contributed by atoms with van der Waals surface area (Å²) >= 11 is 0. The molecule has 0 amide bonds. The number of aliphatic imine (C=N–C) groups is 2. The first-order chi connectivity index (χ1) is 9.88. The molecule has 0 saturated heterocycles. The molecule has 0 radical (unpaired) electrons. The second-order valence-electron chi connectivity index (χ2n) is 5.09. The molecule has 0 heterocycles. The van der Waals surface area contributed by atoms with Crippen LogP contribution in [0.25, 0.3) is 5.57 Å². The maximum Gasteiger partial charge on any atom is 0.133 e. The first-order valence-corrected chi connectivity index (χ1v) is 7.01. The van der Waals surface area contributed by atoms with Gasteiger partial charge in [-0.25, -0.2) is 4.39 Å². The van der Waals surface area contributed by atoms with Crippen LogP contribution in [0.1, 0.15) is 44.4 Å². The molecule has 0 aliphatic carbocycles. The minimum absolute atomic E-state index is 0.170. The molecule has 21 heavy (non-hydrogen) atoms. The van der Waals surface area contributed by atoms with E-state index in [1.165, 1.54) is 0 Å². The molecule has 2 nitrogen and oxygen atoms in total. The normalized spacial score (nSPS) is 14.1. The maximum absolute atomic E-state index is 14.2. The molecule has 0 fully saturated rings. The molecule has 3 heteroatoms. The Morgan fingerprint density at radius 2 is 1.67 bits per heavy atom. The van der Waals surface area contributed by atoms with E-state index in [1.807, 2.05) is 46.8 Å². The molecule has 0 saturated carbocycles. The zero-order chi connectivity index (χ0) is 16.0. The summed E-state index contributed by atoms with van der Waals surface area (Å²) in [6.45, 7) is 11.3. The van der Waals surface area contributed by atoms with E-state index in [0.717, 1.165) is 22.6 Å². The molecule has 0 aromatic heterocycles. The van der Waals surface area contributed by atoms with Crippen molar-refractivity contribution in [1.29, 1.82) is 0 Å². The van der Waals surface area contributed by atoms with Gasteiger partial charge in [0.1, 0.15) is 5.82 Å². The zero-order valence-corrected chi connectivity index (χ0v) is 13.7. The van der Waals surface area contributed by atoms with E-state index in [2.05, 4.69) is 9.98 Å². The summed E-state index contributed by atoms with van der Waals surface area (Å²) in [4.78, 5) is 8.61. The molecule has 1 aromatic carbocycles. The van der Waals surface area contributed by atoms with E-state index in [1.54, 1.807) is 25.4 Å². The zero-order valence-electron chi connectivity index (χ0n) is 13.7. The van der Waals surface area contributed by atoms with Gasteiger partial charge in [-0.1, -0.05) is 18.2 Å². The van der Waals surface area contributed by atoms with Crippen LogP contribution in [0.3, 0.4) is 0 Å². The van der Waals surface area contributed by atoms with Gasteiger partial charge < -0.3 is 0 Å². The molecule has 0 aliphatic heterocycles. The van der Waals surface area contributed by atoms with Gasteiger partial charge in [0.25, 0.3) is 0 Å². The topological polar surface area (TPSA) is 24.7 Å². The van der Waals surface area contributed by atoms with Gasteiger partial charge in [0.2, 0.25) is 0 Å². The van der Waals surface area contributed by atoms with Crippen LogP contribution < -0.4 is 0 Å². The Balaban J connectivity index is 3.09. The highest BCUT2D eigenvalue weighted by atomic mass is 19.1. The standard InChI is InChI=1S/C18H23FN2/c1-7-10-20-15(5)16(6)21-11-13(3)17-9-8-12(2)14(4)18(17)19/h7-11H,1-6H3/b10-7-,13-11+,20-15?,21-16?. The van der Waals surface area contributed by atoms with Crippen LogP contribution in [-0.2, 0) is 0 Å².